The quantitative estimate of drug-likeness (QED) is 0.603. The summed E-state index contributed by atoms with van der Waals surface area (Å²) in [7, 11) is 1.36. The van der Waals surface area contributed by atoms with Crippen molar-refractivity contribution in [1.82, 2.24) is 4.90 Å². The molecule has 5 nitrogen and oxygen atoms in total. The van der Waals surface area contributed by atoms with Gasteiger partial charge in [-0.1, -0.05) is 24.3 Å². The minimum absolute atomic E-state index is 0.152. The summed E-state index contributed by atoms with van der Waals surface area (Å²) in [6.07, 6.45) is -4.65. The molecule has 0 bridgehead atoms. The van der Waals surface area contributed by atoms with Crippen LogP contribution in [0.2, 0.25) is 0 Å². The molecule has 0 radical (unpaired) electrons. The van der Waals surface area contributed by atoms with Crippen molar-refractivity contribution in [1.29, 1.82) is 0 Å². The van der Waals surface area contributed by atoms with Gasteiger partial charge in [0.2, 0.25) is 0 Å². The maximum absolute atomic E-state index is 13.1. The van der Waals surface area contributed by atoms with Crippen molar-refractivity contribution in [3.05, 3.63) is 75.3 Å². The molecule has 2 aromatic carbocycles. The lowest BCUT2D eigenvalue weighted by molar-refractivity contribution is -0.384. The van der Waals surface area contributed by atoms with Crippen LogP contribution in [0, 0.1) is 10.1 Å². The summed E-state index contributed by atoms with van der Waals surface area (Å²) in [5, 5.41) is 10.9. The van der Waals surface area contributed by atoms with Crippen molar-refractivity contribution in [3.8, 4) is 0 Å². The van der Waals surface area contributed by atoms with Gasteiger partial charge in [0.05, 0.1) is 22.1 Å². The molecule has 2 rings (SSSR count). The molecule has 0 aliphatic carbocycles. The van der Waals surface area contributed by atoms with E-state index in [2.05, 4.69) is 0 Å². The van der Waals surface area contributed by atoms with Crippen molar-refractivity contribution >= 4 is 11.6 Å². The van der Waals surface area contributed by atoms with E-state index >= 15 is 0 Å². The first kappa shape index (κ1) is 18.4. The standard InChI is InChI=1S/C17H15F3N2O3/c1-11(12-6-5-7-13(10-12)22(24)25)21(2)16(23)14-8-3-4-9-15(14)17(18,19)20/h3-11H,1-2H3/t11-/m0/s1. The van der Waals surface area contributed by atoms with E-state index < -0.39 is 34.2 Å². The van der Waals surface area contributed by atoms with E-state index in [9.17, 15) is 28.1 Å². The molecule has 25 heavy (non-hydrogen) atoms. The number of halogens is 3. The number of amides is 1. The number of nitro groups is 1. The molecule has 1 amide bonds. The predicted molar refractivity (Wildman–Crippen MR) is 85.0 cm³/mol. The average Bonchev–Trinajstić information content (AvgIpc) is 2.59. The van der Waals surface area contributed by atoms with Crippen molar-refractivity contribution in [3.63, 3.8) is 0 Å². The minimum atomic E-state index is -4.65. The van der Waals surface area contributed by atoms with Gasteiger partial charge in [-0.15, -0.1) is 0 Å². The smallest absolute Gasteiger partial charge is 0.335 e. The molecule has 0 aliphatic rings. The van der Waals surface area contributed by atoms with Gasteiger partial charge in [-0.3, -0.25) is 14.9 Å². The highest BCUT2D eigenvalue weighted by atomic mass is 19.4. The van der Waals surface area contributed by atoms with Crippen LogP contribution < -0.4 is 0 Å². The zero-order valence-corrected chi connectivity index (χ0v) is 13.4. The van der Waals surface area contributed by atoms with Gasteiger partial charge >= 0.3 is 6.18 Å². The topological polar surface area (TPSA) is 63.5 Å². The first-order valence-electron chi connectivity index (χ1n) is 7.30. The van der Waals surface area contributed by atoms with Crippen LogP contribution in [0.15, 0.2) is 48.5 Å². The third-order valence-corrected chi connectivity index (χ3v) is 3.93. The Morgan fingerprint density at radius 2 is 1.80 bits per heavy atom. The lowest BCUT2D eigenvalue weighted by atomic mass is 10.0. The highest BCUT2D eigenvalue weighted by molar-refractivity contribution is 5.96. The number of carbonyl (C=O) groups excluding carboxylic acids is 1. The van der Waals surface area contributed by atoms with Crippen LogP contribution in [-0.2, 0) is 6.18 Å². The van der Waals surface area contributed by atoms with E-state index in [0.29, 0.717) is 5.56 Å². The molecule has 0 aliphatic heterocycles. The van der Waals surface area contributed by atoms with Gasteiger partial charge in [-0.05, 0) is 24.6 Å². The zero-order valence-electron chi connectivity index (χ0n) is 13.4. The Bertz CT molecular complexity index is 806. The molecule has 0 spiro atoms. The van der Waals surface area contributed by atoms with Crippen molar-refractivity contribution in [2.24, 2.45) is 0 Å². The molecule has 0 unspecified atom stereocenters. The summed E-state index contributed by atoms with van der Waals surface area (Å²) in [6, 6.07) is 9.52. The second kappa shape index (κ2) is 6.92. The lowest BCUT2D eigenvalue weighted by Gasteiger charge is -2.26. The van der Waals surface area contributed by atoms with Crippen LogP contribution in [0.1, 0.15) is 34.5 Å². The highest BCUT2D eigenvalue weighted by Crippen LogP contribution is 2.33. The molecule has 0 saturated heterocycles. The molecule has 0 heterocycles. The third kappa shape index (κ3) is 3.96. The molecule has 0 N–H and O–H groups in total. The Hall–Kier alpha value is -2.90. The van der Waals surface area contributed by atoms with Gasteiger partial charge < -0.3 is 4.90 Å². The normalized spacial score (nSPS) is 12.5. The third-order valence-electron chi connectivity index (χ3n) is 3.93. The summed E-state index contributed by atoms with van der Waals surface area (Å²) in [5.41, 5.74) is -1.18. The minimum Gasteiger partial charge on any atom is -0.335 e. The molecule has 132 valence electrons. The number of nitro benzene ring substituents is 1. The fraction of sp³-hybridized carbons (Fsp3) is 0.235. The Morgan fingerprint density at radius 1 is 1.16 bits per heavy atom. The molecular formula is C17H15F3N2O3. The Morgan fingerprint density at radius 3 is 2.40 bits per heavy atom. The van der Waals surface area contributed by atoms with Crippen molar-refractivity contribution in [2.75, 3.05) is 7.05 Å². The van der Waals surface area contributed by atoms with Crippen LogP contribution in [0.3, 0.4) is 0 Å². The van der Waals surface area contributed by atoms with Crippen molar-refractivity contribution in [2.45, 2.75) is 19.1 Å². The first-order valence-corrected chi connectivity index (χ1v) is 7.30. The predicted octanol–water partition coefficient (Wildman–Crippen LogP) is 4.45. The summed E-state index contributed by atoms with van der Waals surface area (Å²) in [4.78, 5) is 23.9. The molecule has 1 atom stereocenters. The number of hydrogen-bond acceptors (Lipinski definition) is 3. The molecule has 0 aromatic heterocycles. The van der Waals surface area contributed by atoms with Gasteiger partial charge in [-0.25, -0.2) is 0 Å². The molecular weight excluding hydrogens is 337 g/mol. The average molecular weight is 352 g/mol. The fourth-order valence-corrected chi connectivity index (χ4v) is 2.40. The Kier molecular flexibility index (Phi) is 5.10. The number of rotatable bonds is 4. The van der Waals surface area contributed by atoms with Crippen LogP contribution in [0.5, 0.6) is 0 Å². The molecule has 2 aromatic rings. The van der Waals surface area contributed by atoms with Gasteiger partial charge in [0.15, 0.2) is 0 Å². The van der Waals surface area contributed by atoms with E-state index in [1.165, 1.54) is 37.4 Å². The van der Waals surface area contributed by atoms with E-state index in [1.807, 2.05) is 0 Å². The van der Waals surface area contributed by atoms with E-state index in [4.69, 9.17) is 0 Å². The van der Waals surface area contributed by atoms with Crippen LogP contribution in [-0.4, -0.2) is 22.8 Å². The number of non-ortho nitro benzene ring substituents is 1. The number of carbonyl (C=O) groups is 1. The van der Waals surface area contributed by atoms with Gasteiger partial charge in [0, 0.05) is 19.2 Å². The highest BCUT2D eigenvalue weighted by Gasteiger charge is 2.36. The summed E-state index contributed by atoms with van der Waals surface area (Å²) < 4.78 is 39.3. The SMILES string of the molecule is C[C@@H](c1cccc([N+](=O)[O-])c1)N(C)C(=O)c1ccccc1C(F)(F)F. The lowest BCUT2D eigenvalue weighted by Crippen LogP contribution is -2.31. The summed E-state index contributed by atoms with van der Waals surface area (Å²) in [5.74, 6) is -0.813. The number of benzene rings is 2. The Labute approximate surface area is 141 Å². The Balaban J connectivity index is 2.35. The molecule has 0 fully saturated rings. The molecule has 0 saturated carbocycles. The second-order valence-corrected chi connectivity index (χ2v) is 5.49. The summed E-state index contributed by atoms with van der Waals surface area (Å²) >= 11 is 0. The van der Waals surface area contributed by atoms with E-state index in [-0.39, 0.29) is 5.69 Å². The number of alkyl halides is 3. The maximum Gasteiger partial charge on any atom is 0.417 e. The molecule has 8 heteroatoms. The zero-order chi connectivity index (χ0) is 18.8. The monoisotopic (exact) mass is 352 g/mol. The maximum atomic E-state index is 13.1. The van der Waals surface area contributed by atoms with Crippen LogP contribution >= 0.6 is 0 Å². The number of hydrogen-bond donors (Lipinski definition) is 0. The van der Waals surface area contributed by atoms with Crippen LogP contribution in [0.25, 0.3) is 0 Å². The van der Waals surface area contributed by atoms with Gasteiger partial charge in [0.25, 0.3) is 11.6 Å². The first-order chi connectivity index (χ1) is 11.6. The largest absolute Gasteiger partial charge is 0.417 e. The second-order valence-electron chi connectivity index (χ2n) is 5.49. The van der Waals surface area contributed by atoms with E-state index in [1.54, 1.807) is 13.0 Å². The summed E-state index contributed by atoms with van der Waals surface area (Å²) in [6.45, 7) is 1.59. The van der Waals surface area contributed by atoms with Gasteiger partial charge in [-0.2, -0.15) is 13.2 Å². The van der Waals surface area contributed by atoms with Gasteiger partial charge in [0.1, 0.15) is 0 Å². The van der Waals surface area contributed by atoms with Crippen molar-refractivity contribution < 1.29 is 22.9 Å². The van der Waals surface area contributed by atoms with E-state index in [0.717, 1.165) is 17.0 Å². The number of nitrogens with zero attached hydrogens (tertiary/aromatic N) is 2. The fourth-order valence-electron chi connectivity index (χ4n) is 2.40. The van der Waals surface area contributed by atoms with Crippen LogP contribution in [0.4, 0.5) is 18.9 Å².